The summed E-state index contributed by atoms with van der Waals surface area (Å²) in [6.07, 6.45) is 3.31. The van der Waals surface area contributed by atoms with Gasteiger partial charge in [0.2, 0.25) is 0 Å². The van der Waals surface area contributed by atoms with Crippen LogP contribution in [0.4, 0.5) is 0 Å². The minimum Gasteiger partial charge on any atom is -0.494 e. The molecule has 5 nitrogen and oxygen atoms in total. The molecule has 0 radical (unpaired) electrons. The van der Waals surface area contributed by atoms with E-state index in [0.29, 0.717) is 24.7 Å². The lowest BCUT2D eigenvalue weighted by Gasteiger charge is -2.12. The minimum atomic E-state index is -0.0425. The van der Waals surface area contributed by atoms with Crippen LogP contribution in [-0.4, -0.2) is 37.9 Å². The van der Waals surface area contributed by atoms with E-state index in [1.165, 1.54) is 5.56 Å². The van der Waals surface area contributed by atoms with Crippen LogP contribution in [0, 0.1) is 0 Å². The molecule has 3 atom stereocenters. The molecule has 0 spiro atoms. The number of carbonyl (C=O) groups excluding carboxylic acids is 1. The Bertz CT molecular complexity index is 799. The summed E-state index contributed by atoms with van der Waals surface area (Å²) in [6, 6.07) is 15.6. The first kappa shape index (κ1) is 18.8. The summed E-state index contributed by atoms with van der Waals surface area (Å²) in [7, 11) is 0. The largest absolute Gasteiger partial charge is 0.494 e. The molecule has 1 heterocycles. The van der Waals surface area contributed by atoms with Gasteiger partial charge in [0.25, 0.3) is 5.91 Å². The number of rotatable bonds is 8. The van der Waals surface area contributed by atoms with Crippen LogP contribution < -0.4 is 14.8 Å². The van der Waals surface area contributed by atoms with Crippen molar-refractivity contribution in [3.8, 4) is 11.5 Å². The second-order valence-corrected chi connectivity index (χ2v) is 7.40. The van der Waals surface area contributed by atoms with Crippen LogP contribution in [0.15, 0.2) is 48.5 Å². The molecule has 0 bridgehead atoms. The highest BCUT2D eigenvalue weighted by atomic mass is 16.5. The fourth-order valence-electron chi connectivity index (χ4n) is 3.64. The number of benzene rings is 2. The van der Waals surface area contributed by atoms with Gasteiger partial charge in [-0.15, -0.1) is 0 Å². The summed E-state index contributed by atoms with van der Waals surface area (Å²) in [4.78, 5) is 12.5. The van der Waals surface area contributed by atoms with E-state index in [1.807, 2.05) is 43.3 Å². The van der Waals surface area contributed by atoms with E-state index in [2.05, 4.69) is 17.4 Å². The molecule has 2 fully saturated rings. The molecule has 2 aromatic carbocycles. The Balaban J connectivity index is 1.27. The Hall–Kier alpha value is -2.53. The van der Waals surface area contributed by atoms with Crippen LogP contribution in [0.1, 0.15) is 48.0 Å². The van der Waals surface area contributed by atoms with E-state index < -0.39 is 0 Å². The van der Waals surface area contributed by atoms with Crippen molar-refractivity contribution in [3.63, 3.8) is 0 Å². The second kappa shape index (κ2) is 8.65. The van der Waals surface area contributed by atoms with Crippen LogP contribution in [-0.2, 0) is 4.74 Å². The van der Waals surface area contributed by atoms with Crippen molar-refractivity contribution in [3.05, 3.63) is 59.7 Å². The molecule has 1 amide bonds. The lowest BCUT2D eigenvalue weighted by molar-refractivity contribution is 0.0679. The van der Waals surface area contributed by atoms with Gasteiger partial charge in [0.15, 0.2) is 0 Å². The van der Waals surface area contributed by atoms with Gasteiger partial charge in [0.1, 0.15) is 18.1 Å². The van der Waals surface area contributed by atoms with Crippen molar-refractivity contribution in [2.24, 2.45) is 0 Å². The maximum atomic E-state index is 12.5. The first-order valence-corrected chi connectivity index (χ1v) is 10.1. The molecule has 4 rings (SSSR count). The van der Waals surface area contributed by atoms with E-state index >= 15 is 0 Å². The molecule has 2 aromatic rings. The standard InChI is InChI=1S/C23H27NO4/c1-2-26-19-6-3-5-17(13-19)21-14-22(21)24-23(25)16-8-10-18(11-9-16)28-15-20-7-4-12-27-20/h3,5-6,8-11,13,20-22H,2,4,7,12,14-15H2,1H3,(H,24,25)/t20-,21-,22-/m0/s1. The van der Waals surface area contributed by atoms with Gasteiger partial charge in [-0.2, -0.15) is 0 Å². The summed E-state index contributed by atoms with van der Waals surface area (Å²) in [6.45, 7) is 4.02. The average molecular weight is 381 g/mol. The molecular weight excluding hydrogens is 354 g/mol. The van der Waals surface area contributed by atoms with E-state index in [9.17, 15) is 4.79 Å². The molecule has 0 unspecified atom stereocenters. The Morgan fingerprint density at radius 2 is 2.00 bits per heavy atom. The Morgan fingerprint density at radius 1 is 1.14 bits per heavy atom. The number of hydrogen-bond acceptors (Lipinski definition) is 4. The predicted molar refractivity (Wildman–Crippen MR) is 107 cm³/mol. The summed E-state index contributed by atoms with van der Waals surface area (Å²) >= 11 is 0. The highest BCUT2D eigenvalue weighted by Gasteiger charge is 2.39. The SMILES string of the molecule is CCOc1cccc([C@@H]2C[C@@H]2NC(=O)c2ccc(OC[C@@H]3CCCO3)cc2)c1. The molecule has 1 aliphatic carbocycles. The zero-order valence-electron chi connectivity index (χ0n) is 16.2. The van der Waals surface area contributed by atoms with Crippen molar-refractivity contribution in [2.45, 2.75) is 44.2 Å². The van der Waals surface area contributed by atoms with Gasteiger partial charge >= 0.3 is 0 Å². The number of ether oxygens (including phenoxy) is 3. The third-order valence-electron chi connectivity index (χ3n) is 5.28. The quantitative estimate of drug-likeness (QED) is 0.753. The van der Waals surface area contributed by atoms with Crippen molar-refractivity contribution in [1.82, 2.24) is 5.32 Å². The van der Waals surface area contributed by atoms with E-state index in [1.54, 1.807) is 0 Å². The Kier molecular flexibility index (Phi) is 5.81. The number of hydrogen-bond donors (Lipinski definition) is 1. The molecule has 1 saturated carbocycles. The maximum absolute atomic E-state index is 12.5. The zero-order valence-corrected chi connectivity index (χ0v) is 16.2. The molecule has 28 heavy (non-hydrogen) atoms. The van der Waals surface area contributed by atoms with Gasteiger partial charge in [0, 0.05) is 24.1 Å². The topological polar surface area (TPSA) is 56.8 Å². The zero-order chi connectivity index (χ0) is 19.3. The molecule has 1 aliphatic heterocycles. The van der Waals surface area contributed by atoms with Crippen molar-refractivity contribution >= 4 is 5.91 Å². The van der Waals surface area contributed by atoms with Gasteiger partial charge in [-0.1, -0.05) is 12.1 Å². The molecule has 148 valence electrons. The maximum Gasteiger partial charge on any atom is 0.251 e. The van der Waals surface area contributed by atoms with Crippen LogP contribution in [0.2, 0.25) is 0 Å². The third kappa shape index (κ3) is 4.65. The van der Waals surface area contributed by atoms with E-state index in [-0.39, 0.29) is 18.1 Å². The Labute approximate surface area is 166 Å². The number of amides is 1. The fraction of sp³-hybridized carbons (Fsp3) is 0.435. The summed E-state index contributed by atoms with van der Waals surface area (Å²) in [5.41, 5.74) is 1.87. The normalized spacial score (nSPS) is 23.2. The first-order chi connectivity index (χ1) is 13.7. The first-order valence-electron chi connectivity index (χ1n) is 10.1. The minimum absolute atomic E-state index is 0.0425. The van der Waals surface area contributed by atoms with Crippen molar-refractivity contribution in [1.29, 1.82) is 0 Å². The fourth-order valence-corrected chi connectivity index (χ4v) is 3.64. The molecule has 1 saturated heterocycles. The lowest BCUT2D eigenvalue weighted by atomic mass is 10.1. The second-order valence-electron chi connectivity index (χ2n) is 7.40. The van der Waals surface area contributed by atoms with Crippen LogP contribution in [0.5, 0.6) is 11.5 Å². The van der Waals surface area contributed by atoms with E-state index in [0.717, 1.165) is 37.4 Å². The highest BCUT2D eigenvalue weighted by molar-refractivity contribution is 5.94. The molecule has 0 aromatic heterocycles. The van der Waals surface area contributed by atoms with Gasteiger partial charge in [0.05, 0.1) is 12.7 Å². The molecule has 5 heteroatoms. The summed E-state index contributed by atoms with van der Waals surface area (Å²) in [5.74, 6) is 1.97. The van der Waals surface area contributed by atoms with Crippen molar-refractivity contribution < 1.29 is 19.0 Å². The molecule has 2 aliphatic rings. The molecular formula is C23H27NO4. The van der Waals surface area contributed by atoms with Crippen LogP contribution in [0.25, 0.3) is 0 Å². The number of carbonyl (C=O) groups is 1. The smallest absolute Gasteiger partial charge is 0.251 e. The number of nitrogens with one attached hydrogen (secondary N) is 1. The van der Waals surface area contributed by atoms with Crippen LogP contribution >= 0.6 is 0 Å². The average Bonchev–Trinajstić information content (AvgIpc) is 3.28. The van der Waals surface area contributed by atoms with Gasteiger partial charge in [-0.25, -0.2) is 0 Å². The predicted octanol–water partition coefficient (Wildman–Crippen LogP) is 3.93. The van der Waals surface area contributed by atoms with Gasteiger partial charge in [-0.05, 0) is 68.1 Å². The lowest BCUT2D eigenvalue weighted by Crippen LogP contribution is -2.26. The van der Waals surface area contributed by atoms with Gasteiger partial charge in [-0.3, -0.25) is 4.79 Å². The van der Waals surface area contributed by atoms with E-state index in [4.69, 9.17) is 14.2 Å². The molecule has 1 N–H and O–H groups in total. The highest BCUT2D eigenvalue weighted by Crippen LogP contribution is 2.41. The van der Waals surface area contributed by atoms with Crippen LogP contribution in [0.3, 0.4) is 0 Å². The Morgan fingerprint density at radius 3 is 2.75 bits per heavy atom. The third-order valence-corrected chi connectivity index (χ3v) is 5.28. The summed E-state index contributed by atoms with van der Waals surface area (Å²) < 4.78 is 16.9. The summed E-state index contributed by atoms with van der Waals surface area (Å²) in [5, 5.41) is 3.13. The van der Waals surface area contributed by atoms with Crippen molar-refractivity contribution in [2.75, 3.05) is 19.8 Å². The monoisotopic (exact) mass is 381 g/mol. The van der Waals surface area contributed by atoms with Gasteiger partial charge < -0.3 is 19.5 Å².